The lowest BCUT2D eigenvalue weighted by Crippen LogP contribution is -2.52. The van der Waals surface area contributed by atoms with Gasteiger partial charge in [0.15, 0.2) is 0 Å². The fourth-order valence-electron chi connectivity index (χ4n) is 3.60. The van der Waals surface area contributed by atoms with Crippen molar-refractivity contribution in [3.05, 3.63) is 0 Å². The van der Waals surface area contributed by atoms with Gasteiger partial charge < -0.3 is 15.2 Å². The fraction of sp³-hybridized carbons (Fsp3) is 1.00. The summed E-state index contributed by atoms with van der Waals surface area (Å²) < 4.78 is 5.79. The van der Waals surface area contributed by atoms with Gasteiger partial charge in [0.05, 0.1) is 6.61 Å². The topological polar surface area (TPSA) is 41.5 Å². The van der Waals surface area contributed by atoms with E-state index in [1.807, 2.05) is 0 Å². The Morgan fingerprint density at radius 2 is 2.00 bits per heavy atom. The highest BCUT2D eigenvalue weighted by molar-refractivity contribution is 5.02. The maximum Gasteiger partial charge on any atom is 0.0616 e. The highest BCUT2D eigenvalue weighted by Gasteiger charge is 2.44. The second-order valence-corrected chi connectivity index (χ2v) is 6.78. The average Bonchev–Trinajstić information content (AvgIpc) is 3.18. The van der Waals surface area contributed by atoms with Crippen molar-refractivity contribution in [1.29, 1.82) is 0 Å². The third-order valence-corrected chi connectivity index (χ3v) is 5.06. The van der Waals surface area contributed by atoms with Gasteiger partial charge in [-0.1, -0.05) is 32.6 Å². The molecule has 0 spiro atoms. The number of hydrogen-bond donors (Lipinski definition) is 2. The van der Waals surface area contributed by atoms with E-state index in [1.165, 1.54) is 51.4 Å². The van der Waals surface area contributed by atoms with Crippen molar-refractivity contribution in [2.24, 2.45) is 5.92 Å². The van der Waals surface area contributed by atoms with E-state index in [0.29, 0.717) is 18.6 Å². The zero-order chi connectivity index (χ0) is 14.3. The molecule has 2 unspecified atom stereocenters. The molecule has 2 aliphatic carbocycles. The summed E-state index contributed by atoms with van der Waals surface area (Å²) in [6, 6.07) is 0.678. The zero-order valence-electron chi connectivity index (χ0n) is 13.2. The minimum Gasteiger partial charge on any atom is -0.394 e. The van der Waals surface area contributed by atoms with Gasteiger partial charge in [-0.05, 0) is 44.4 Å². The van der Waals surface area contributed by atoms with Gasteiger partial charge >= 0.3 is 0 Å². The molecule has 3 heteroatoms. The van der Waals surface area contributed by atoms with Crippen molar-refractivity contribution in [2.75, 3.05) is 19.8 Å². The minimum atomic E-state index is 0.00668. The molecule has 0 aromatic carbocycles. The second-order valence-electron chi connectivity index (χ2n) is 6.78. The second kappa shape index (κ2) is 8.35. The largest absolute Gasteiger partial charge is 0.394 e. The number of hydrogen-bond acceptors (Lipinski definition) is 3. The molecular weight excluding hydrogens is 250 g/mol. The maximum absolute atomic E-state index is 9.86. The fourth-order valence-corrected chi connectivity index (χ4v) is 3.60. The van der Waals surface area contributed by atoms with Gasteiger partial charge in [-0.2, -0.15) is 0 Å². The summed E-state index contributed by atoms with van der Waals surface area (Å²) in [4.78, 5) is 0. The van der Waals surface area contributed by atoms with Gasteiger partial charge in [-0.15, -0.1) is 0 Å². The average molecular weight is 283 g/mol. The molecule has 0 aromatic heterocycles. The van der Waals surface area contributed by atoms with E-state index in [-0.39, 0.29) is 5.54 Å². The first-order valence-corrected chi connectivity index (χ1v) is 8.77. The number of ether oxygens (including phenoxy) is 1. The minimum absolute atomic E-state index is 0.00668. The molecule has 2 rings (SSSR count). The van der Waals surface area contributed by atoms with Crippen molar-refractivity contribution in [2.45, 2.75) is 82.7 Å². The van der Waals surface area contributed by atoms with Crippen molar-refractivity contribution in [3.8, 4) is 0 Å². The number of rotatable bonds is 11. The van der Waals surface area contributed by atoms with Gasteiger partial charge in [0, 0.05) is 24.8 Å². The van der Waals surface area contributed by atoms with Crippen LogP contribution in [0.25, 0.3) is 0 Å². The molecule has 20 heavy (non-hydrogen) atoms. The van der Waals surface area contributed by atoms with E-state index in [4.69, 9.17) is 4.74 Å². The molecule has 2 fully saturated rings. The predicted molar refractivity (Wildman–Crippen MR) is 82.9 cm³/mol. The van der Waals surface area contributed by atoms with E-state index in [9.17, 15) is 5.11 Å². The molecule has 2 atom stereocenters. The third kappa shape index (κ3) is 4.71. The summed E-state index contributed by atoms with van der Waals surface area (Å²) in [5, 5.41) is 13.6. The van der Waals surface area contributed by atoms with Crippen LogP contribution < -0.4 is 5.32 Å². The third-order valence-electron chi connectivity index (χ3n) is 5.06. The van der Waals surface area contributed by atoms with Crippen LogP contribution in [0.4, 0.5) is 0 Å². The Kier molecular flexibility index (Phi) is 6.79. The van der Waals surface area contributed by atoms with Gasteiger partial charge in [-0.25, -0.2) is 0 Å². The lowest BCUT2D eigenvalue weighted by atomic mass is 9.85. The van der Waals surface area contributed by atoms with Crippen molar-refractivity contribution >= 4 is 0 Å². The molecule has 0 amide bonds. The summed E-state index contributed by atoms with van der Waals surface area (Å²) in [6.07, 6.45) is 12.4. The van der Waals surface area contributed by atoms with Crippen molar-refractivity contribution in [3.63, 3.8) is 0 Å². The SMILES string of the molecule is CCCCCCOCCC1CCCC1(CO)NC1CC1. The normalized spacial score (nSPS) is 30.0. The van der Waals surface area contributed by atoms with Gasteiger partial charge in [0.2, 0.25) is 0 Å². The number of aliphatic hydroxyl groups is 1. The van der Waals surface area contributed by atoms with Crippen LogP contribution in [0.1, 0.15) is 71.1 Å². The number of nitrogens with one attached hydrogen (secondary N) is 1. The molecule has 0 radical (unpaired) electrons. The Morgan fingerprint density at radius 1 is 1.15 bits per heavy atom. The molecule has 2 N–H and O–H groups in total. The first kappa shape index (κ1) is 16.3. The lowest BCUT2D eigenvalue weighted by molar-refractivity contribution is 0.0764. The molecule has 0 aliphatic heterocycles. The summed E-state index contributed by atoms with van der Waals surface area (Å²) in [5.74, 6) is 0.601. The monoisotopic (exact) mass is 283 g/mol. The summed E-state index contributed by atoms with van der Waals surface area (Å²) in [6.45, 7) is 4.31. The van der Waals surface area contributed by atoms with Crippen LogP contribution in [0.3, 0.4) is 0 Å². The Bertz CT molecular complexity index is 268. The molecule has 2 saturated carbocycles. The first-order valence-electron chi connectivity index (χ1n) is 8.77. The molecule has 0 saturated heterocycles. The Labute approximate surface area is 124 Å². The molecular formula is C17H33NO2. The first-order chi connectivity index (χ1) is 9.80. The van der Waals surface area contributed by atoms with E-state index in [1.54, 1.807) is 0 Å². The van der Waals surface area contributed by atoms with Crippen LogP contribution in [0.15, 0.2) is 0 Å². The van der Waals surface area contributed by atoms with Crippen molar-refractivity contribution in [1.82, 2.24) is 5.32 Å². The number of unbranched alkanes of at least 4 members (excludes halogenated alkanes) is 3. The maximum atomic E-state index is 9.86. The van der Waals surface area contributed by atoms with E-state index in [0.717, 1.165) is 26.1 Å². The van der Waals surface area contributed by atoms with Crippen LogP contribution in [-0.4, -0.2) is 36.5 Å². The van der Waals surface area contributed by atoms with Gasteiger partial charge in [0.25, 0.3) is 0 Å². The standard InChI is InChI=1S/C17H33NO2/c1-2-3-4-5-12-20-13-10-15-7-6-11-17(15,14-19)18-16-8-9-16/h15-16,18-19H,2-14H2,1H3. The molecule has 0 bridgehead atoms. The van der Waals surface area contributed by atoms with E-state index in [2.05, 4.69) is 12.2 Å². The Morgan fingerprint density at radius 3 is 2.70 bits per heavy atom. The molecule has 118 valence electrons. The van der Waals surface area contributed by atoms with Crippen molar-refractivity contribution < 1.29 is 9.84 Å². The van der Waals surface area contributed by atoms with Crippen LogP contribution in [-0.2, 0) is 4.74 Å². The highest BCUT2D eigenvalue weighted by atomic mass is 16.5. The van der Waals surface area contributed by atoms with Crippen LogP contribution in [0.5, 0.6) is 0 Å². The lowest BCUT2D eigenvalue weighted by Gasteiger charge is -2.35. The van der Waals surface area contributed by atoms with Crippen LogP contribution in [0, 0.1) is 5.92 Å². The molecule has 0 aromatic rings. The molecule has 2 aliphatic rings. The molecule has 0 heterocycles. The quantitative estimate of drug-likeness (QED) is 0.572. The summed E-state index contributed by atoms with van der Waals surface area (Å²) in [7, 11) is 0. The number of aliphatic hydroxyl groups excluding tert-OH is 1. The van der Waals surface area contributed by atoms with Crippen LogP contribution in [0.2, 0.25) is 0 Å². The summed E-state index contributed by atoms with van der Waals surface area (Å²) >= 11 is 0. The van der Waals surface area contributed by atoms with E-state index < -0.39 is 0 Å². The Hall–Kier alpha value is -0.120. The smallest absolute Gasteiger partial charge is 0.0616 e. The van der Waals surface area contributed by atoms with Crippen LogP contribution >= 0.6 is 0 Å². The van der Waals surface area contributed by atoms with E-state index >= 15 is 0 Å². The molecule has 3 nitrogen and oxygen atoms in total. The predicted octanol–water partition coefficient (Wildman–Crippen LogP) is 3.26. The van der Waals surface area contributed by atoms with Gasteiger partial charge in [0.1, 0.15) is 0 Å². The summed E-state index contributed by atoms with van der Waals surface area (Å²) in [5.41, 5.74) is 0.00668. The van der Waals surface area contributed by atoms with Gasteiger partial charge in [-0.3, -0.25) is 0 Å². The Balaban J connectivity index is 1.63. The zero-order valence-corrected chi connectivity index (χ0v) is 13.2. The highest BCUT2D eigenvalue weighted by Crippen LogP contribution is 2.40.